The van der Waals surface area contributed by atoms with Crippen LogP contribution in [0.5, 0.6) is 0 Å². The molecule has 2 heterocycles. The summed E-state index contributed by atoms with van der Waals surface area (Å²) in [6, 6.07) is 3.16. The molecule has 0 aliphatic rings. The third kappa shape index (κ3) is 2.77. The van der Waals surface area contributed by atoms with E-state index in [0.29, 0.717) is 17.4 Å². The fraction of sp³-hybridized carbons (Fsp3) is 0.200. The van der Waals surface area contributed by atoms with Gasteiger partial charge in [-0.25, -0.2) is 4.98 Å². The molecule has 0 spiro atoms. The highest BCUT2D eigenvalue weighted by Gasteiger charge is 2.08. The smallest absolute Gasteiger partial charge is 0.270 e. The van der Waals surface area contributed by atoms with Gasteiger partial charge in [-0.3, -0.25) is 4.79 Å². The summed E-state index contributed by atoms with van der Waals surface area (Å²) in [5.41, 5.74) is 6.26. The first-order valence-corrected chi connectivity index (χ1v) is 4.94. The minimum Gasteiger partial charge on any atom is -0.397 e. The van der Waals surface area contributed by atoms with Gasteiger partial charge in [-0.15, -0.1) is 0 Å². The van der Waals surface area contributed by atoms with Gasteiger partial charge in [0.25, 0.3) is 5.91 Å². The number of anilines is 1. The lowest BCUT2D eigenvalue weighted by Crippen LogP contribution is -2.23. The van der Waals surface area contributed by atoms with Gasteiger partial charge in [0.15, 0.2) is 5.82 Å². The third-order valence-electron chi connectivity index (χ3n) is 1.99. The molecular formula is C10H11N5O2. The van der Waals surface area contributed by atoms with E-state index >= 15 is 0 Å². The second kappa shape index (κ2) is 4.60. The predicted octanol–water partition coefficient (Wildman–Crippen LogP) is 0.285. The molecule has 2 rings (SSSR count). The number of carbonyl (C=O) groups is 1. The molecule has 7 nitrogen and oxygen atoms in total. The van der Waals surface area contributed by atoms with E-state index in [1.54, 1.807) is 19.1 Å². The summed E-state index contributed by atoms with van der Waals surface area (Å²) in [7, 11) is 0. The van der Waals surface area contributed by atoms with Crippen LogP contribution in [-0.2, 0) is 6.54 Å². The van der Waals surface area contributed by atoms with Crippen molar-refractivity contribution in [2.45, 2.75) is 13.5 Å². The summed E-state index contributed by atoms with van der Waals surface area (Å²) >= 11 is 0. The summed E-state index contributed by atoms with van der Waals surface area (Å²) in [5.74, 6) is 0.562. The van der Waals surface area contributed by atoms with E-state index in [4.69, 9.17) is 10.3 Å². The second-order valence-electron chi connectivity index (χ2n) is 3.39. The van der Waals surface area contributed by atoms with Gasteiger partial charge in [0.05, 0.1) is 18.4 Å². The molecule has 2 aromatic heterocycles. The van der Waals surface area contributed by atoms with Gasteiger partial charge in [-0.05, 0) is 19.1 Å². The zero-order chi connectivity index (χ0) is 12.3. The quantitative estimate of drug-likeness (QED) is 0.788. The predicted molar refractivity (Wildman–Crippen MR) is 58.9 cm³/mol. The van der Waals surface area contributed by atoms with E-state index in [1.807, 2.05) is 0 Å². The molecule has 0 fully saturated rings. The summed E-state index contributed by atoms with van der Waals surface area (Å²) in [5, 5.41) is 6.22. The van der Waals surface area contributed by atoms with Crippen LogP contribution in [0.3, 0.4) is 0 Å². The highest BCUT2D eigenvalue weighted by atomic mass is 16.5. The van der Waals surface area contributed by atoms with Crippen LogP contribution in [-0.4, -0.2) is 21.0 Å². The van der Waals surface area contributed by atoms with Crippen LogP contribution in [0.4, 0.5) is 5.69 Å². The van der Waals surface area contributed by atoms with Crippen molar-refractivity contribution in [2.24, 2.45) is 0 Å². The Bertz CT molecular complexity index is 520. The minimum absolute atomic E-state index is 0.172. The first-order valence-electron chi connectivity index (χ1n) is 4.94. The number of pyridine rings is 1. The molecule has 0 aliphatic heterocycles. The monoisotopic (exact) mass is 233 g/mol. The molecule has 88 valence electrons. The van der Waals surface area contributed by atoms with Crippen LogP contribution in [0.15, 0.2) is 22.9 Å². The van der Waals surface area contributed by atoms with E-state index in [9.17, 15) is 4.79 Å². The van der Waals surface area contributed by atoms with Crippen molar-refractivity contribution in [3.05, 3.63) is 35.7 Å². The van der Waals surface area contributed by atoms with E-state index in [0.717, 1.165) is 0 Å². The molecule has 0 bridgehead atoms. The Morgan fingerprint density at radius 2 is 2.35 bits per heavy atom. The molecule has 7 heteroatoms. The largest absolute Gasteiger partial charge is 0.397 e. The van der Waals surface area contributed by atoms with Gasteiger partial charge in [0, 0.05) is 0 Å². The SMILES string of the molecule is Cc1noc(CNC(=O)c2ccc(N)cn2)n1. The number of aromatic nitrogens is 3. The average molecular weight is 233 g/mol. The van der Waals surface area contributed by atoms with Crippen molar-refractivity contribution in [3.63, 3.8) is 0 Å². The lowest BCUT2D eigenvalue weighted by molar-refractivity contribution is 0.0941. The van der Waals surface area contributed by atoms with Crippen LogP contribution in [0.1, 0.15) is 22.2 Å². The van der Waals surface area contributed by atoms with Crippen LogP contribution < -0.4 is 11.1 Å². The number of hydrogen-bond donors (Lipinski definition) is 2. The van der Waals surface area contributed by atoms with Crippen LogP contribution in [0.2, 0.25) is 0 Å². The van der Waals surface area contributed by atoms with Gasteiger partial charge in [0.1, 0.15) is 5.69 Å². The number of nitrogens with two attached hydrogens (primary N) is 1. The molecule has 0 atom stereocenters. The maximum absolute atomic E-state index is 11.6. The molecule has 3 N–H and O–H groups in total. The molecule has 0 radical (unpaired) electrons. The minimum atomic E-state index is -0.319. The number of nitrogens with one attached hydrogen (secondary N) is 1. The highest BCUT2D eigenvalue weighted by Crippen LogP contribution is 2.01. The Morgan fingerprint density at radius 3 is 2.94 bits per heavy atom. The second-order valence-corrected chi connectivity index (χ2v) is 3.39. The number of hydrogen-bond acceptors (Lipinski definition) is 6. The average Bonchev–Trinajstić information content (AvgIpc) is 2.73. The van der Waals surface area contributed by atoms with Crippen molar-refractivity contribution >= 4 is 11.6 Å². The Labute approximate surface area is 97.0 Å². The lowest BCUT2D eigenvalue weighted by atomic mass is 10.3. The molecule has 0 unspecified atom stereocenters. The van der Waals surface area contributed by atoms with Crippen molar-refractivity contribution in [1.29, 1.82) is 0 Å². The zero-order valence-corrected chi connectivity index (χ0v) is 9.17. The summed E-state index contributed by atoms with van der Waals surface area (Å²) in [6.07, 6.45) is 1.42. The van der Waals surface area contributed by atoms with E-state index < -0.39 is 0 Å². The third-order valence-corrected chi connectivity index (χ3v) is 1.99. The molecule has 0 saturated carbocycles. The molecule has 1 amide bonds. The van der Waals surface area contributed by atoms with Crippen molar-refractivity contribution in [2.75, 3.05) is 5.73 Å². The van der Waals surface area contributed by atoms with Crippen LogP contribution >= 0.6 is 0 Å². The lowest BCUT2D eigenvalue weighted by Gasteiger charge is -2.01. The molecule has 0 aliphatic carbocycles. The number of nitrogen functional groups attached to an aromatic ring is 1. The number of amides is 1. The maximum Gasteiger partial charge on any atom is 0.270 e. The number of aryl methyl sites for hydroxylation is 1. The number of nitrogens with zero attached hydrogens (tertiary/aromatic N) is 3. The van der Waals surface area contributed by atoms with Gasteiger partial charge >= 0.3 is 0 Å². The molecule has 0 aromatic carbocycles. The first kappa shape index (κ1) is 11.1. The van der Waals surface area contributed by atoms with Gasteiger partial charge in [-0.2, -0.15) is 4.98 Å². The summed E-state index contributed by atoms with van der Waals surface area (Å²) in [4.78, 5) is 19.5. The summed E-state index contributed by atoms with van der Waals surface area (Å²) < 4.78 is 4.85. The van der Waals surface area contributed by atoms with E-state index in [2.05, 4.69) is 20.4 Å². The molecule has 2 aromatic rings. The number of carbonyl (C=O) groups excluding carboxylic acids is 1. The molecular weight excluding hydrogens is 222 g/mol. The molecule has 0 saturated heterocycles. The fourth-order valence-corrected chi connectivity index (χ4v) is 1.20. The van der Waals surface area contributed by atoms with Gasteiger partial charge in [0.2, 0.25) is 5.89 Å². The summed E-state index contributed by atoms with van der Waals surface area (Å²) in [6.45, 7) is 1.88. The van der Waals surface area contributed by atoms with Crippen LogP contribution in [0, 0.1) is 6.92 Å². The van der Waals surface area contributed by atoms with E-state index in [-0.39, 0.29) is 18.1 Å². The number of rotatable bonds is 3. The first-order chi connectivity index (χ1) is 8.15. The van der Waals surface area contributed by atoms with E-state index in [1.165, 1.54) is 6.20 Å². The van der Waals surface area contributed by atoms with Gasteiger partial charge in [-0.1, -0.05) is 5.16 Å². The topological polar surface area (TPSA) is 107 Å². The Balaban J connectivity index is 1.95. The Kier molecular flexibility index (Phi) is 2.99. The standard InChI is InChI=1S/C10H11N5O2/c1-6-14-9(17-15-6)5-13-10(16)8-3-2-7(11)4-12-8/h2-4H,5,11H2,1H3,(H,13,16). The Hall–Kier alpha value is -2.44. The van der Waals surface area contributed by atoms with Crippen molar-refractivity contribution in [1.82, 2.24) is 20.4 Å². The van der Waals surface area contributed by atoms with Crippen molar-refractivity contribution in [3.8, 4) is 0 Å². The highest BCUT2D eigenvalue weighted by molar-refractivity contribution is 5.92. The fourth-order valence-electron chi connectivity index (χ4n) is 1.20. The maximum atomic E-state index is 11.6. The van der Waals surface area contributed by atoms with Crippen LogP contribution in [0.25, 0.3) is 0 Å². The Morgan fingerprint density at radius 1 is 1.53 bits per heavy atom. The van der Waals surface area contributed by atoms with Crippen molar-refractivity contribution < 1.29 is 9.32 Å². The van der Waals surface area contributed by atoms with Gasteiger partial charge < -0.3 is 15.6 Å². The normalized spacial score (nSPS) is 10.2. The zero-order valence-electron chi connectivity index (χ0n) is 9.17. The molecule has 17 heavy (non-hydrogen) atoms.